The monoisotopic (exact) mass is 468 g/mol. The van der Waals surface area contributed by atoms with E-state index < -0.39 is 0 Å². The van der Waals surface area contributed by atoms with Gasteiger partial charge in [0.15, 0.2) is 0 Å². The topological polar surface area (TPSA) is 97.8 Å². The van der Waals surface area contributed by atoms with E-state index in [1.807, 2.05) is 48.4 Å². The van der Waals surface area contributed by atoms with Gasteiger partial charge in [-0.2, -0.15) is 15.5 Å². The van der Waals surface area contributed by atoms with E-state index in [1.54, 1.807) is 11.8 Å². The number of benzene rings is 2. The molecule has 0 atom stereocenters. The van der Waals surface area contributed by atoms with Crippen LogP contribution in [0.1, 0.15) is 48.7 Å². The van der Waals surface area contributed by atoms with E-state index in [1.165, 1.54) is 0 Å². The lowest BCUT2D eigenvalue weighted by Gasteiger charge is -2.33. The molecule has 2 aromatic carbocycles. The number of amides is 1. The SMILES string of the molecule is CCCn1cc(-c2cc(C#N)c3c(-c4cc(OC)c5c(c4)C(C)(C)CNC5=O)n(C)nc3c2)cn1. The van der Waals surface area contributed by atoms with E-state index in [4.69, 9.17) is 9.84 Å². The zero-order chi connectivity index (χ0) is 24.9. The average Bonchev–Trinajstić information content (AvgIpc) is 3.44. The van der Waals surface area contributed by atoms with Gasteiger partial charge in [0, 0.05) is 48.3 Å². The van der Waals surface area contributed by atoms with Crippen LogP contribution < -0.4 is 10.1 Å². The standard InChI is InChI=1S/C27H28N6O2/c1-6-7-33-14-19(13-30-33)16-8-18(12-28)23-21(10-16)31-32(4)25(23)17-9-20-24(22(11-17)35-5)26(34)29-15-27(20,2)3/h8-11,13-14H,6-7,15H2,1-5H3,(H,29,34). The minimum absolute atomic E-state index is 0.136. The van der Waals surface area contributed by atoms with Gasteiger partial charge in [0.25, 0.3) is 5.91 Å². The number of methoxy groups -OCH3 is 1. The summed E-state index contributed by atoms with van der Waals surface area (Å²) in [6, 6.07) is 10.2. The minimum Gasteiger partial charge on any atom is -0.496 e. The fourth-order valence-electron chi connectivity index (χ4n) is 4.94. The van der Waals surface area contributed by atoms with Gasteiger partial charge in [-0.25, -0.2) is 0 Å². The zero-order valence-electron chi connectivity index (χ0n) is 20.6. The molecule has 1 amide bonds. The molecule has 4 aromatic rings. The Kier molecular flexibility index (Phi) is 5.36. The molecule has 1 aliphatic heterocycles. The molecular formula is C27H28N6O2. The fourth-order valence-corrected chi connectivity index (χ4v) is 4.94. The van der Waals surface area contributed by atoms with Crippen molar-refractivity contribution in [3.05, 3.63) is 53.3 Å². The van der Waals surface area contributed by atoms with E-state index in [0.29, 0.717) is 23.4 Å². The number of hydrogen-bond donors (Lipinski definition) is 1. The zero-order valence-corrected chi connectivity index (χ0v) is 20.6. The summed E-state index contributed by atoms with van der Waals surface area (Å²) in [6.07, 6.45) is 4.82. The van der Waals surface area contributed by atoms with Gasteiger partial charge in [-0.15, -0.1) is 0 Å². The number of carbonyl (C=O) groups excluding carboxylic acids is 1. The Morgan fingerprint density at radius 2 is 2.00 bits per heavy atom. The number of carbonyl (C=O) groups is 1. The predicted molar refractivity (Wildman–Crippen MR) is 134 cm³/mol. The Labute approximate surface area is 204 Å². The maximum absolute atomic E-state index is 12.7. The molecule has 0 radical (unpaired) electrons. The Hall–Kier alpha value is -4.12. The molecule has 1 aliphatic rings. The first-order valence-corrected chi connectivity index (χ1v) is 11.7. The highest BCUT2D eigenvalue weighted by Crippen LogP contribution is 2.41. The summed E-state index contributed by atoms with van der Waals surface area (Å²) in [5.74, 6) is 0.374. The molecule has 0 bridgehead atoms. The molecule has 0 fully saturated rings. The van der Waals surface area contributed by atoms with Gasteiger partial charge in [-0.05, 0) is 41.8 Å². The van der Waals surface area contributed by atoms with Crippen LogP contribution in [0, 0.1) is 11.3 Å². The van der Waals surface area contributed by atoms with Crippen LogP contribution >= 0.6 is 0 Å². The van der Waals surface area contributed by atoms with Crippen LogP contribution in [0.3, 0.4) is 0 Å². The molecule has 5 rings (SSSR count). The summed E-state index contributed by atoms with van der Waals surface area (Å²) in [6.45, 7) is 7.69. The summed E-state index contributed by atoms with van der Waals surface area (Å²) in [5, 5.41) is 23.0. The first kappa shape index (κ1) is 22.7. The van der Waals surface area contributed by atoms with Crippen LogP contribution in [0.4, 0.5) is 0 Å². The summed E-state index contributed by atoms with van der Waals surface area (Å²) < 4.78 is 9.37. The molecule has 8 heteroatoms. The van der Waals surface area contributed by atoms with Crippen molar-refractivity contribution in [3.8, 4) is 34.2 Å². The van der Waals surface area contributed by atoms with Crippen LogP contribution in [0.5, 0.6) is 5.75 Å². The van der Waals surface area contributed by atoms with Crippen molar-refractivity contribution in [1.29, 1.82) is 5.26 Å². The highest BCUT2D eigenvalue weighted by atomic mass is 16.5. The summed E-state index contributed by atoms with van der Waals surface area (Å²) in [5.41, 5.74) is 6.00. The molecule has 178 valence electrons. The maximum atomic E-state index is 12.7. The summed E-state index contributed by atoms with van der Waals surface area (Å²) in [4.78, 5) is 12.7. The highest BCUT2D eigenvalue weighted by molar-refractivity contribution is 6.03. The van der Waals surface area contributed by atoms with E-state index in [9.17, 15) is 10.1 Å². The Balaban J connectivity index is 1.73. The van der Waals surface area contributed by atoms with Crippen LogP contribution in [0.25, 0.3) is 33.3 Å². The number of fused-ring (bicyclic) bond motifs is 2. The Morgan fingerprint density at radius 3 is 2.71 bits per heavy atom. The van der Waals surface area contributed by atoms with Gasteiger partial charge in [-0.3, -0.25) is 14.2 Å². The highest BCUT2D eigenvalue weighted by Gasteiger charge is 2.35. The molecular weight excluding hydrogens is 440 g/mol. The second-order valence-corrected chi connectivity index (χ2v) is 9.66. The molecule has 0 saturated carbocycles. The second kappa shape index (κ2) is 8.27. The number of nitrogens with zero attached hydrogens (tertiary/aromatic N) is 5. The smallest absolute Gasteiger partial charge is 0.255 e. The molecule has 0 aliphatic carbocycles. The molecule has 8 nitrogen and oxygen atoms in total. The van der Waals surface area contributed by atoms with E-state index >= 15 is 0 Å². The van der Waals surface area contributed by atoms with Gasteiger partial charge < -0.3 is 10.1 Å². The maximum Gasteiger partial charge on any atom is 0.255 e. The largest absolute Gasteiger partial charge is 0.496 e. The van der Waals surface area contributed by atoms with Gasteiger partial charge >= 0.3 is 0 Å². The van der Waals surface area contributed by atoms with Crippen LogP contribution in [0.2, 0.25) is 0 Å². The summed E-state index contributed by atoms with van der Waals surface area (Å²) in [7, 11) is 3.44. The van der Waals surface area contributed by atoms with Crippen molar-refractivity contribution >= 4 is 16.8 Å². The fraction of sp³-hybridized carbons (Fsp3) is 0.333. The van der Waals surface area contributed by atoms with Crippen molar-refractivity contribution in [3.63, 3.8) is 0 Å². The lowest BCUT2D eigenvalue weighted by Crippen LogP contribution is -2.43. The number of ether oxygens (including phenoxy) is 1. The molecule has 0 saturated heterocycles. The molecule has 0 unspecified atom stereocenters. The number of aryl methyl sites for hydroxylation is 2. The molecule has 2 aromatic heterocycles. The normalized spacial score (nSPS) is 14.5. The van der Waals surface area contributed by atoms with Gasteiger partial charge in [0.1, 0.15) is 5.75 Å². The second-order valence-electron chi connectivity index (χ2n) is 9.66. The van der Waals surface area contributed by atoms with Gasteiger partial charge in [-0.1, -0.05) is 20.8 Å². The first-order chi connectivity index (χ1) is 16.8. The Morgan fingerprint density at radius 1 is 1.20 bits per heavy atom. The summed E-state index contributed by atoms with van der Waals surface area (Å²) >= 11 is 0. The third kappa shape index (κ3) is 3.64. The lowest BCUT2D eigenvalue weighted by molar-refractivity contribution is 0.0926. The van der Waals surface area contributed by atoms with Crippen molar-refractivity contribution in [2.45, 2.75) is 39.2 Å². The van der Waals surface area contributed by atoms with Crippen molar-refractivity contribution in [2.24, 2.45) is 7.05 Å². The molecule has 35 heavy (non-hydrogen) atoms. The number of hydrogen-bond acceptors (Lipinski definition) is 5. The van der Waals surface area contributed by atoms with Crippen LogP contribution in [0.15, 0.2) is 36.7 Å². The van der Waals surface area contributed by atoms with E-state index in [0.717, 1.165) is 51.8 Å². The number of aromatic nitrogens is 4. The number of nitrogens with one attached hydrogen (secondary N) is 1. The van der Waals surface area contributed by atoms with Crippen molar-refractivity contribution in [2.75, 3.05) is 13.7 Å². The van der Waals surface area contributed by atoms with Gasteiger partial charge in [0.05, 0.1) is 41.7 Å². The number of rotatable bonds is 5. The molecule has 0 spiro atoms. The van der Waals surface area contributed by atoms with Crippen LogP contribution in [-0.4, -0.2) is 39.1 Å². The molecule has 3 heterocycles. The van der Waals surface area contributed by atoms with Crippen molar-refractivity contribution in [1.82, 2.24) is 24.9 Å². The quantitative estimate of drug-likeness (QED) is 0.468. The number of nitriles is 1. The minimum atomic E-state index is -0.273. The van der Waals surface area contributed by atoms with E-state index in [2.05, 4.69) is 37.3 Å². The molecule has 1 N–H and O–H groups in total. The Bertz CT molecular complexity index is 1520. The lowest BCUT2D eigenvalue weighted by atomic mass is 9.77. The van der Waals surface area contributed by atoms with E-state index in [-0.39, 0.29) is 11.3 Å². The van der Waals surface area contributed by atoms with Gasteiger partial charge in [0.2, 0.25) is 0 Å². The average molecular weight is 469 g/mol. The first-order valence-electron chi connectivity index (χ1n) is 11.7. The predicted octanol–water partition coefficient (Wildman–Crippen LogP) is 4.42. The third-order valence-electron chi connectivity index (χ3n) is 6.72. The third-order valence-corrected chi connectivity index (χ3v) is 6.72. The van der Waals surface area contributed by atoms with Crippen molar-refractivity contribution < 1.29 is 9.53 Å². The van der Waals surface area contributed by atoms with Crippen LogP contribution in [-0.2, 0) is 19.0 Å².